The first-order valence-corrected chi connectivity index (χ1v) is 10.3. The summed E-state index contributed by atoms with van der Waals surface area (Å²) in [6.45, 7) is 0. The van der Waals surface area contributed by atoms with Crippen molar-refractivity contribution >= 4 is 34.6 Å². The topological polar surface area (TPSA) is 112 Å². The summed E-state index contributed by atoms with van der Waals surface area (Å²) in [5.41, 5.74) is -0.103. The zero-order chi connectivity index (χ0) is 18.4. The Morgan fingerprint density at radius 3 is 2.81 bits per heavy atom. The van der Waals surface area contributed by atoms with Gasteiger partial charge in [-0.3, -0.25) is 14.7 Å². The van der Waals surface area contributed by atoms with Crippen LogP contribution >= 0.6 is 23.1 Å². The van der Waals surface area contributed by atoms with Crippen molar-refractivity contribution in [2.24, 2.45) is 0 Å². The van der Waals surface area contributed by atoms with E-state index in [1.807, 2.05) is 17.5 Å². The van der Waals surface area contributed by atoms with Gasteiger partial charge in [0, 0.05) is 12.1 Å². The molecular weight excluding hydrogens is 386 g/mol. The highest BCUT2D eigenvalue weighted by atomic mass is 32.2. The number of aromatic nitrogens is 5. The molecule has 138 valence electrons. The Bertz CT molecular complexity index is 996. The van der Waals surface area contributed by atoms with Gasteiger partial charge in [0.15, 0.2) is 16.1 Å². The molecule has 2 aliphatic carbocycles. The molecule has 27 heavy (non-hydrogen) atoms. The summed E-state index contributed by atoms with van der Waals surface area (Å²) in [7, 11) is 0. The standard InChI is InChI=1S/C16H15N7O2S2/c24-23(25)11-8-17-15(19-13(11)18-9-3-4-9)27-16-21-20-14(12-2-1-7-26-12)22(16)10-5-6-10/h1-2,7-10H,3-6H2,(H,17,18,19). The fourth-order valence-electron chi connectivity index (χ4n) is 2.73. The fourth-order valence-corrected chi connectivity index (χ4v) is 4.26. The summed E-state index contributed by atoms with van der Waals surface area (Å²) < 4.78 is 2.13. The molecule has 3 aromatic heterocycles. The molecule has 3 aromatic rings. The van der Waals surface area contributed by atoms with Crippen LogP contribution in [-0.4, -0.2) is 35.7 Å². The Morgan fingerprint density at radius 2 is 2.15 bits per heavy atom. The van der Waals surface area contributed by atoms with Gasteiger partial charge < -0.3 is 5.32 Å². The molecule has 9 nitrogen and oxygen atoms in total. The third kappa shape index (κ3) is 3.39. The molecule has 0 bridgehead atoms. The average molecular weight is 401 g/mol. The minimum atomic E-state index is -0.458. The molecule has 0 radical (unpaired) electrons. The summed E-state index contributed by atoms with van der Waals surface area (Å²) in [6.07, 6.45) is 5.46. The number of anilines is 1. The summed E-state index contributed by atoms with van der Waals surface area (Å²) in [5.74, 6) is 1.13. The average Bonchev–Trinajstić information content (AvgIpc) is 3.56. The van der Waals surface area contributed by atoms with Gasteiger partial charge in [0.25, 0.3) is 0 Å². The Morgan fingerprint density at radius 1 is 1.30 bits per heavy atom. The Kier molecular flexibility index (Phi) is 4.05. The second kappa shape index (κ2) is 6.57. The molecule has 0 atom stereocenters. The maximum Gasteiger partial charge on any atom is 0.329 e. The van der Waals surface area contributed by atoms with Gasteiger partial charge in [-0.15, -0.1) is 21.5 Å². The van der Waals surface area contributed by atoms with Crippen molar-refractivity contribution in [2.45, 2.75) is 48.1 Å². The van der Waals surface area contributed by atoms with Crippen LogP contribution in [0.1, 0.15) is 31.7 Å². The van der Waals surface area contributed by atoms with Crippen LogP contribution in [-0.2, 0) is 0 Å². The first-order valence-electron chi connectivity index (χ1n) is 8.63. The third-order valence-corrected chi connectivity index (χ3v) is 6.07. The SMILES string of the molecule is O=[N+]([O-])c1cnc(Sc2nnc(-c3cccs3)n2C2CC2)nc1NC1CC1. The number of nitro groups is 1. The maximum absolute atomic E-state index is 11.2. The van der Waals surface area contributed by atoms with E-state index in [-0.39, 0.29) is 17.5 Å². The molecule has 0 aromatic carbocycles. The van der Waals surface area contributed by atoms with Crippen LogP contribution in [0.3, 0.4) is 0 Å². The van der Waals surface area contributed by atoms with Gasteiger partial charge in [0.05, 0.1) is 9.80 Å². The van der Waals surface area contributed by atoms with Crippen molar-refractivity contribution in [2.75, 3.05) is 5.32 Å². The van der Waals surface area contributed by atoms with Crippen LogP contribution < -0.4 is 5.32 Å². The summed E-state index contributed by atoms with van der Waals surface area (Å²) in [6, 6.07) is 4.68. The monoisotopic (exact) mass is 401 g/mol. The molecule has 0 amide bonds. The molecule has 1 N–H and O–H groups in total. The second-order valence-corrected chi connectivity index (χ2v) is 8.43. The molecule has 0 unspecified atom stereocenters. The summed E-state index contributed by atoms with van der Waals surface area (Å²) >= 11 is 2.92. The minimum Gasteiger partial charge on any atom is -0.361 e. The number of thiophene rings is 1. The number of hydrogen-bond donors (Lipinski definition) is 1. The lowest BCUT2D eigenvalue weighted by Crippen LogP contribution is -2.08. The summed E-state index contributed by atoms with van der Waals surface area (Å²) in [5, 5.41) is 26.2. The van der Waals surface area contributed by atoms with Gasteiger partial charge in [-0.25, -0.2) is 4.98 Å². The molecule has 2 saturated carbocycles. The van der Waals surface area contributed by atoms with E-state index in [9.17, 15) is 10.1 Å². The van der Waals surface area contributed by atoms with Crippen LogP contribution in [0, 0.1) is 10.1 Å². The highest BCUT2D eigenvalue weighted by Crippen LogP contribution is 2.43. The van der Waals surface area contributed by atoms with Gasteiger partial charge in [0.2, 0.25) is 5.82 Å². The quantitative estimate of drug-likeness (QED) is 0.362. The first kappa shape index (κ1) is 16.6. The molecule has 2 aliphatic rings. The van der Waals surface area contributed by atoms with E-state index in [0.717, 1.165) is 36.4 Å². The van der Waals surface area contributed by atoms with Gasteiger partial charge in [0.1, 0.15) is 6.20 Å². The van der Waals surface area contributed by atoms with E-state index >= 15 is 0 Å². The van der Waals surface area contributed by atoms with Crippen LogP contribution in [0.25, 0.3) is 10.7 Å². The van der Waals surface area contributed by atoms with Crippen molar-refractivity contribution in [3.63, 3.8) is 0 Å². The molecule has 2 fully saturated rings. The smallest absolute Gasteiger partial charge is 0.329 e. The normalized spacial score (nSPS) is 16.4. The zero-order valence-electron chi connectivity index (χ0n) is 14.1. The molecule has 0 saturated heterocycles. The highest BCUT2D eigenvalue weighted by Gasteiger charge is 2.32. The molecule has 0 spiro atoms. The summed E-state index contributed by atoms with van der Waals surface area (Å²) in [4.78, 5) is 20.4. The van der Waals surface area contributed by atoms with E-state index in [1.165, 1.54) is 18.0 Å². The van der Waals surface area contributed by atoms with E-state index in [1.54, 1.807) is 11.3 Å². The predicted octanol–water partition coefficient (Wildman–Crippen LogP) is 3.77. The number of nitrogens with one attached hydrogen (secondary N) is 1. The van der Waals surface area contributed by atoms with Crippen LogP contribution in [0.15, 0.2) is 34.0 Å². The second-order valence-electron chi connectivity index (χ2n) is 6.55. The van der Waals surface area contributed by atoms with Crippen molar-refractivity contribution < 1.29 is 4.92 Å². The van der Waals surface area contributed by atoms with Gasteiger partial charge >= 0.3 is 5.69 Å². The van der Waals surface area contributed by atoms with Crippen LogP contribution in [0.2, 0.25) is 0 Å². The molecule has 5 rings (SSSR count). The molecular formula is C16H15N7O2S2. The van der Waals surface area contributed by atoms with E-state index < -0.39 is 4.92 Å². The van der Waals surface area contributed by atoms with Gasteiger partial charge in [-0.1, -0.05) is 6.07 Å². The molecule has 3 heterocycles. The van der Waals surface area contributed by atoms with Gasteiger partial charge in [-0.05, 0) is 48.9 Å². The minimum absolute atomic E-state index is 0.103. The van der Waals surface area contributed by atoms with E-state index in [0.29, 0.717) is 16.4 Å². The third-order valence-electron chi connectivity index (χ3n) is 4.36. The van der Waals surface area contributed by atoms with Crippen LogP contribution in [0.5, 0.6) is 0 Å². The maximum atomic E-state index is 11.2. The lowest BCUT2D eigenvalue weighted by atomic mass is 10.4. The van der Waals surface area contributed by atoms with Crippen molar-refractivity contribution in [3.8, 4) is 10.7 Å². The largest absolute Gasteiger partial charge is 0.361 e. The van der Waals surface area contributed by atoms with Crippen molar-refractivity contribution in [3.05, 3.63) is 33.8 Å². The number of nitrogens with zero attached hydrogens (tertiary/aromatic N) is 6. The van der Waals surface area contributed by atoms with Crippen molar-refractivity contribution in [1.29, 1.82) is 0 Å². The molecule has 0 aliphatic heterocycles. The Labute approximate surface area is 162 Å². The highest BCUT2D eigenvalue weighted by molar-refractivity contribution is 7.99. The Hall–Kier alpha value is -2.53. The predicted molar refractivity (Wildman–Crippen MR) is 101 cm³/mol. The molecule has 11 heteroatoms. The zero-order valence-corrected chi connectivity index (χ0v) is 15.7. The first-order chi connectivity index (χ1) is 13.2. The Balaban J connectivity index is 1.47. The van der Waals surface area contributed by atoms with E-state index in [2.05, 4.69) is 30.0 Å². The van der Waals surface area contributed by atoms with Crippen molar-refractivity contribution in [1.82, 2.24) is 24.7 Å². The van der Waals surface area contributed by atoms with Gasteiger partial charge in [-0.2, -0.15) is 4.98 Å². The number of rotatable bonds is 7. The van der Waals surface area contributed by atoms with Crippen LogP contribution in [0.4, 0.5) is 11.5 Å². The lowest BCUT2D eigenvalue weighted by molar-refractivity contribution is -0.384. The fraction of sp³-hybridized carbons (Fsp3) is 0.375. The van der Waals surface area contributed by atoms with E-state index in [4.69, 9.17) is 0 Å². The number of hydrogen-bond acceptors (Lipinski definition) is 9. The lowest BCUT2D eigenvalue weighted by Gasteiger charge is -2.08.